The van der Waals surface area contributed by atoms with Crippen LogP contribution in [0.1, 0.15) is 36.4 Å². The zero-order valence-electron chi connectivity index (χ0n) is 12.6. The second-order valence-electron chi connectivity index (χ2n) is 5.06. The minimum atomic E-state index is 0.810. The first-order valence-corrected chi connectivity index (χ1v) is 7.90. The summed E-state index contributed by atoms with van der Waals surface area (Å²) in [6.07, 6.45) is 0.982. The van der Waals surface area contributed by atoms with Crippen LogP contribution in [-0.4, -0.2) is 9.78 Å². The highest BCUT2D eigenvalue weighted by molar-refractivity contribution is 9.10. The monoisotopic (exact) mass is 335 g/mol. The second-order valence-corrected chi connectivity index (χ2v) is 5.98. The van der Waals surface area contributed by atoms with E-state index in [1.165, 1.54) is 22.5 Å². The second kappa shape index (κ2) is 6.44. The molecule has 2 aromatic rings. The number of hydrogen-bond acceptors (Lipinski definition) is 2. The number of halogens is 1. The molecule has 4 heteroatoms. The molecule has 20 heavy (non-hydrogen) atoms. The van der Waals surface area contributed by atoms with E-state index in [2.05, 4.69) is 76.9 Å². The number of nitrogens with one attached hydrogen (secondary N) is 1. The summed E-state index contributed by atoms with van der Waals surface area (Å²) in [6, 6.07) is 6.48. The lowest BCUT2D eigenvalue weighted by atomic mass is 10.1. The number of aromatic nitrogens is 2. The van der Waals surface area contributed by atoms with Gasteiger partial charge in [0.15, 0.2) is 0 Å². The fourth-order valence-corrected chi connectivity index (χ4v) is 3.16. The SMILES string of the molecule is CCc1cc(CNc2c(C)cc(Br)cc2C)n(CC)n1. The topological polar surface area (TPSA) is 29.9 Å². The van der Waals surface area contributed by atoms with Gasteiger partial charge in [-0.15, -0.1) is 0 Å². The van der Waals surface area contributed by atoms with Crippen LogP contribution in [0.3, 0.4) is 0 Å². The lowest BCUT2D eigenvalue weighted by molar-refractivity contribution is 0.619. The molecular formula is C16H22BrN3. The third kappa shape index (κ3) is 3.23. The van der Waals surface area contributed by atoms with Crippen LogP contribution in [0, 0.1) is 13.8 Å². The van der Waals surface area contributed by atoms with E-state index in [9.17, 15) is 0 Å². The molecule has 0 radical (unpaired) electrons. The predicted molar refractivity (Wildman–Crippen MR) is 88.2 cm³/mol. The van der Waals surface area contributed by atoms with Crippen LogP contribution in [0.5, 0.6) is 0 Å². The van der Waals surface area contributed by atoms with E-state index >= 15 is 0 Å². The Bertz CT molecular complexity index is 579. The van der Waals surface area contributed by atoms with Crippen molar-refractivity contribution in [1.82, 2.24) is 9.78 Å². The van der Waals surface area contributed by atoms with Crippen LogP contribution in [-0.2, 0) is 19.5 Å². The van der Waals surface area contributed by atoms with E-state index < -0.39 is 0 Å². The van der Waals surface area contributed by atoms with Crippen molar-refractivity contribution >= 4 is 21.6 Å². The first kappa shape index (κ1) is 15.1. The minimum absolute atomic E-state index is 0.810. The van der Waals surface area contributed by atoms with Crippen molar-refractivity contribution in [2.24, 2.45) is 0 Å². The maximum Gasteiger partial charge on any atom is 0.0625 e. The Labute approximate surface area is 129 Å². The molecular weight excluding hydrogens is 314 g/mol. The molecule has 0 atom stereocenters. The number of aryl methyl sites for hydroxylation is 4. The first-order valence-electron chi connectivity index (χ1n) is 7.11. The highest BCUT2D eigenvalue weighted by atomic mass is 79.9. The maximum absolute atomic E-state index is 4.59. The zero-order valence-corrected chi connectivity index (χ0v) is 14.2. The summed E-state index contributed by atoms with van der Waals surface area (Å²) >= 11 is 3.54. The molecule has 2 rings (SSSR count). The van der Waals surface area contributed by atoms with Crippen LogP contribution in [0.4, 0.5) is 5.69 Å². The number of anilines is 1. The van der Waals surface area contributed by atoms with Gasteiger partial charge >= 0.3 is 0 Å². The molecule has 0 aliphatic carbocycles. The lowest BCUT2D eigenvalue weighted by Crippen LogP contribution is -2.09. The van der Waals surface area contributed by atoms with E-state index in [4.69, 9.17) is 0 Å². The van der Waals surface area contributed by atoms with E-state index in [0.717, 1.165) is 29.7 Å². The molecule has 108 valence electrons. The van der Waals surface area contributed by atoms with Crippen molar-refractivity contribution < 1.29 is 0 Å². The smallest absolute Gasteiger partial charge is 0.0625 e. The zero-order chi connectivity index (χ0) is 14.7. The molecule has 0 unspecified atom stereocenters. The van der Waals surface area contributed by atoms with Gasteiger partial charge in [0.05, 0.1) is 17.9 Å². The van der Waals surface area contributed by atoms with Crippen LogP contribution in [0.25, 0.3) is 0 Å². The summed E-state index contributed by atoms with van der Waals surface area (Å²) in [5.41, 5.74) is 6.14. The first-order chi connectivity index (χ1) is 9.55. The Hall–Kier alpha value is -1.29. The van der Waals surface area contributed by atoms with E-state index in [-0.39, 0.29) is 0 Å². The van der Waals surface area contributed by atoms with Crippen molar-refractivity contribution in [1.29, 1.82) is 0 Å². The molecule has 1 aromatic heterocycles. The summed E-state index contributed by atoms with van der Waals surface area (Å²) in [4.78, 5) is 0. The number of benzene rings is 1. The highest BCUT2D eigenvalue weighted by Crippen LogP contribution is 2.25. The normalized spacial score (nSPS) is 10.8. The quantitative estimate of drug-likeness (QED) is 0.874. The predicted octanol–water partition coefficient (Wildman–Crippen LogP) is 4.46. The fourth-order valence-electron chi connectivity index (χ4n) is 2.47. The van der Waals surface area contributed by atoms with Crippen LogP contribution >= 0.6 is 15.9 Å². The third-order valence-corrected chi connectivity index (χ3v) is 3.98. The summed E-state index contributed by atoms with van der Waals surface area (Å²) in [5.74, 6) is 0. The van der Waals surface area contributed by atoms with Crippen molar-refractivity contribution in [2.75, 3.05) is 5.32 Å². The molecule has 0 saturated carbocycles. The van der Waals surface area contributed by atoms with Gasteiger partial charge in [-0.25, -0.2) is 0 Å². The van der Waals surface area contributed by atoms with Gasteiger partial charge in [0.1, 0.15) is 0 Å². The van der Waals surface area contributed by atoms with Gasteiger partial charge in [0.25, 0.3) is 0 Å². The molecule has 1 aromatic carbocycles. The van der Waals surface area contributed by atoms with Crippen molar-refractivity contribution in [3.05, 3.63) is 45.2 Å². The number of nitrogens with zero attached hydrogens (tertiary/aromatic N) is 2. The van der Waals surface area contributed by atoms with Gasteiger partial charge in [-0.3, -0.25) is 4.68 Å². The summed E-state index contributed by atoms with van der Waals surface area (Å²) in [5, 5.41) is 8.14. The minimum Gasteiger partial charge on any atom is -0.379 e. The van der Waals surface area contributed by atoms with E-state index in [1.54, 1.807) is 0 Å². The molecule has 0 aliphatic heterocycles. The molecule has 3 nitrogen and oxygen atoms in total. The maximum atomic E-state index is 4.59. The highest BCUT2D eigenvalue weighted by Gasteiger charge is 2.08. The largest absolute Gasteiger partial charge is 0.379 e. The summed E-state index contributed by atoms with van der Waals surface area (Å²) in [7, 11) is 0. The Balaban J connectivity index is 2.18. The molecule has 0 spiro atoms. The van der Waals surface area contributed by atoms with Crippen LogP contribution in [0.2, 0.25) is 0 Å². The van der Waals surface area contributed by atoms with Crippen LogP contribution in [0.15, 0.2) is 22.7 Å². The Morgan fingerprint density at radius 2 is 1.80 bits per heavy atom. The van der Waals surface area contributed by atoms with E-state index in [0.29, 0.717) is 0 Å². The van der Waals surface area contributed by atoms with Gasteiger partial charge in [-0.05, 0) is 56.5 Å². The Morgan fingerprint density at radius 3 is 2.35 bits per heavy atom. The van der Waals surface area contributed by atoms with Gasteiger partial charge in [-0.1, -0.05) is 22.9 Å². The third-order valence-electron chi connectivity index (χ3n) is 3.52. The summed E-state index contributed by atoms with van der Waals surface area (Å²) < 4.78 is 3.21. The molecule has 1 N–H and O–H groups in total. The van der Waals surface area contributed by atoms with Gasteiger partial charge in [0.2, 0.25) is 0 Å². The molecule has 0 amide bonds. The van der Waals surface area contributed by atoms with E-state index in [1.807, 2.05) is 0 Å². The van der Waals surface area contributed by atoms with Crippen molar-refractivity contribution in [3.63, 3.8) is 0 Å². The van der Waals surface area contributed by atoms with Gasteiger partial charge < -0.3 is 5.32 Å². The molecule has 0 bridgehead atoms. The Kier molecular flexibility index (Phi) is 4.86. The molecule has 0 aliphatic rings. The molecule has 0 fully saturated rings. The summed E-state index contributed by atoms with van der Waals surface area (Å²) in [6.45, 7) is 10.3. The average molecular weight is 336 g/mol. The Morgan fingerprint density at radius 1 is 1.15 bits per heavy atom. The van der Waals surface area contributed by atoms with Crippen LogP contribution < -0.4 is 5.32 Å². The molecule has 1 heterocycles. The number of hydrogen-bond donors (Lipinski definition) is 1. The molecule has 0 saturated heterocycles. The van der Waals surface area contributed by atoms with Crippen molar-refractivity contribution in [2.45, 2.75) is 47.2 Å². The van der Waals surface area contributed by atoms with Gasteiger partial charge in [-0.2, -0.15) is 5.10 Å². The lowest BCUT2D eigenvalue weighted by Gasteiger charge is -2.14. The standard InChI is InChI=1S/C16H22BrN3/c1-5-14-9-15(20(6-2)19-14)10-18-16-11(3)7-13(17)8-12(16)4/h7-9,18H,5-6,10H2,1-4H3. The fraction of sp³-hybridized carbons (Fsp3) is 0.438. The van der Waals surface area contributed by atoms with Gasteiger partial charge in [0, 0.05) is 16.7 Å². The van der Waals surface area contributed by atoms with Crippen molar-refractivity contribution in [3.8, 4) is 0 Å². The average Bonchev–Trinajstić information content (AvgIpc) is 2.80. The number of rotatable bonds is 5.